The maximum atomic E-state index is 12.1. The van der Waals surface area contributed by atoms with Crippen LogP contribution in [-0.2, 0) is 40.5 Å². The monoisotopic (exact) mass is 2370 g/mol. The Morgan fingerprint density at radius 2 is 0.446 bits per heavy atom. The van der Waals surface area contributed by atoms with Crippen LogP contribution in [0.2, 0.25) is 47.6 Å². The van der Waals surface area contributed by atoms with Gasteiger partial charge in [-0.2, -0.15) is 105 Å². The average Bonchev–Trinajstić information content (AvgIpc) is 0.810. The molecule has 11 aromatic rings. The summed E-state index contributed by atoms with van der Waals surface area (Å²) in [4.78, 5) is 79.0. The van der Waals surface area contributed by atoms with Gasteiger partial charge in [0.2, 0.25) is 119 Å². The minimum atomic E-state index is -4.99. The first kappa shape index (κ1) is 139. The second-order valence-corrected chi connectivity index (χ2v) is 36.4. The molecule has 33 N–H and O–H groups in total. The largest absolute Gasteiger partial charge is 1.00 e. The van der Waals surface area contributed by atoms with Gasteiger partial charge in [0, 0.05) is 96.3 Å². The van der Waals surface area contributed by atoms with Gasteiger partial charge >= 0.3 is 118 Å². The SMILES string of the molecule is CC(CO)Nc1nc(NCC(O)CO)nc(Nc2cc(Nc3nc(NCC(O)CO)nc(NC(C)CO)n3)cc(S(=O)(=O)[O-])c2)n1.CC(N)CO.Clc1nc(Cl)nc(Cl)n1.NCC(O)CO.Nc1cc(N)cc(S(=O)(=O)[O-])c1.O=S(=O)([O-])c1cc(Nc2nc(Cl)nc(Cl)n2)cc(Nc2nc(Cl)nc(Cl)n2)c1.O=S(=O)([O-])c1cc(Nc2nc(Cl)nc(NCC(O)CO)n2)cc(Nc2nc(Cl)nc(NCC(O)CO)n2)c1.[Na+].[Na+].[Na+].[Na+]. The van der Waals surface area contributed by atoms with Crippen LogP contribution in [0.25, 0.3) is 0 Å². The van der Waals surface area contributed by atoms with Crippen molar-refractivity contribution >= 4 is 262 Å². The first-order chi connectivity index (χ1) is 67.5. The molecular formula is C69H88Cl9N37Na4O25S4. The quantitative estimate of drug-likeness (QED) is 0.00961. The van der Waals surface area contributed by atoms with Crippen molar-refractivity contribution < 1.29 is 236 Å². The Morgan fingerprint density at radius 1 is 0.270 bits per heavy atom. The molecule has 62 nitrogen and oxygen atoms in total. The maximum Gasteiger partial charge on any atom is 1.00 e. The first-order valence-corrected chi connectivity index (χ1v) is 48.5. The van der Waals surface area contributed by atoms with Crippen molar-refractivity contribution in [1.82, 2.24) is 105 Å². The molecule has 148 heavy (non-hydrogen) atoms. The Balaban J connectivity index is 0.000000962. The summed E-state index contributed by atoms with van der Waals surface area (Å²) in [5.41, 5.74) is 21.1. The zero-order valence-corrected chi connectivity index (χ0v) is 95.8. The second-order valence-electron chi connectivity index (χ2n) is 27.8. The summed E-state index contributed by atoms with van der Waals surface area (Å²) < 4.78 is 137. The summed E-state index contributed by atoms with van der Waals surface area (Å²) in [5.74, 6) is -0.917. The number of rotatable bonds is 41. The van der Waals surface area contributed by atoms with Crippen molar-refractivity contribution in [3.8, 4) is 0 Å². The number of nitrogens with two attached hydrogens (primary N) is 4. The molecule has 4 aromatic carbocycles. The maximum absolute atomic E-state index is 12.1. The van der Waals surface area contributed by atoms with Crippen molar-refractivity contribution in [3.05, 3.63) is 120 Å². The van der Waals surface area contributed by atoms with E-state index in [1.807, 2.05) is 0 Å². The molecule has 7 aromatic heterocycles. The van der Waals surface area contributed by atoms with Crippen molar-refractivity contribution in [2.45, 2.75) is 89.0 Å². The third-order valence-corrected chi connectivity index (χ3v) is 20.2. The standard InChI is InChI=1S/C24H38N12O9S.C18H22Cl2N10O7S.C12H6Cl4N8O3S.C6H8N2O3S.C3Cl3N3.C3H9NO2.C3H9NO.4Na/c1-12(8-37)27-21-31-19(25-6-16(41)10-39)33-23(35-21)29-14-3-15(5-18(4-14)46(43,44)45)30-24-34-20(26-7-17(42)11-40)32-22(36-24)28-13(2)9-38;19-13-25-15(21-4-10(33)6-31)29-17(27-13)23-8-1-9(3-12(2-8)38(35,36)37)24-18-28-14(20)26-16(30-18)22-5-11(34)7-32;13-7-19-8(14)22-11(21-7)17-4-1-5(3-6(2-4)28(25,26)27)18-12-23-9(15)20-10(16)24-12;7-4-1-5(8)3-6(2-4)12(9,10)11;4-1-7-2(5)9-3(6)8-1;4-1-3(6)2-5;1-3(4)2-5;;;;/h3-5,12-13,16-17,37-42H,6-11H2,1-2H3,(H,43,44,45)(H3,25,27,29,31,33,35)(H3,26,28,30,32,34,36);1-3,10-11,31-34H,4-7H2,(H,35,36,37)(H2,21,23,25,27,29)(H2,22,24,26,28,30);1-3H,(H,25,26,27)(H,17,19,21,22)(H,18,20,23,24);1-3H,7-8H2,(H,9,10,11);;3,5-6H,1-2,4H2;3,5H,2,4H2,1H3;;;;/q;;;;;;;4*+1/p-4. The van der Waals surface area contributed by atoms with E-state index in [1.54, 1.807) is 20.8 Å². The van der Waals surface area contributed by atoms with Crippen molar-refractivity contribution in [3.63, 3.8) is 0 Å². The Labute approximate surface area is 974 Å². The van der Waals surface area contributed by atoms with Crippen LogP contribution in [0.3, 0.4) is 0 Å². The van der Waals surface area contributed by atoms with Gasteiger partial charge in [0.15, 0.2) is 0 Å². The smallest absolute Gasteiger partial charge is 0.744 e. The van der Waals surface area contributed by atoms with Crippen LogP contribution in [0.5, 0.6) is 0 Å². The molecule has 8 unspecified atom stereocenters. The van der Waals surface area contributed by atoms with Gasteiger partial charge < -0.3 is 171 Å². The van der Waals surface area contributed by atoms with E-state index < -0.39 is 129 Å². The molecule has 0 saturated carbocycles. The Bertz CT molecular complexity index is 6160. The summed E-state index contributed by atoms with van der Waals surface area (Å²) >= 11 is 50.6. The molecule has 0 spiro atoms. The van der Waals surface area contributed by atoms with E-state index >= 15 is 0 Å². The molecule has 0 fully saturated rings. The van der Waals surface area contributed by atoms with Gasteiger partial charge in [-0.25, -0.2) is 33.7 Å². The van der Waals surface area contributed by atoms with E-state index in [2.05, 4.69) is 168 Å². The number of benzene rings is 4. The summed E-state index contributed by atoms with van der Waals surface area (Å²) in [6.07, 6.45) is -5.16. The van der Waals surface area contributed by atoms with Gasteiger partial charge in [0.1, 0.15) is 40.5 Å². The fourth-order valence-electron chi connectivity index (χ4n) is 9.12. The number of halogens is 9. The molecule has 0 amide bonds. The first-order valence-electron chi connectivity index (χ1n) is 39.5. The molecule has 11 rings (SSSR count). The average molecular weight is 2380 g/mol. The molecule has 0 bridgehead atoms. The van der Waals surface area contributed by atoms with Crippen molar-refractivity contribution in [1.29, 1.82) is 0 Å². The number of aliphatic hydroxyl groups is 13. The molecule has 790 valence electrons. The van der Waals surface area contributed by atoms with Gasteiger partial charge in [0.25, 0.3) is 0 Å². The predicted molar refractivity (Wildman–Crippen MR) is 520 cm³/mol. The van der Waals surface area contributed by atoms with E-state index in [4.69, 9.17) is 163 Å². The molecule has 0 aliphatic heterocycles. The van der Waals surface area contributed by atoms with Crippen LogP contribution < -0.4 is 205 Å². The number of nitrogens with one attached hydrogen (secondary N) is 12. The molecule has 0 aliphatic rings. The number of nitrogen functional groups attached to an aromatic ring is 2. The topological polar surface area (TPSA) is 1010 Å². The van der Waals surface area contributed by atoms with Gasteiger partial charge in [0.05, 0.1) is 103 Å². The van der Waals surface area contributed by atoms with Crippen molar-refractivity contribution in [2.75, 3.05) is 161 Å². The number of aromatic nitrogens is 21. The van der Waals surface area contributed by atoms with E-state index in [0.29, 0.717) is 0 Å². The Hall–Kier alpha value is -7.20. The van der Waals surface area contributed by atoms with Gasteiger partial charge in [-0.05, 0) is 198 Å². The minimum absolute atomic E-state index is 0. The molecule has 0 saturated heterocycles. The van der Waals surface area contributed by atoms with Crippen LogP contribution in [0, 0.1) is 0 Å². The van der Waals surface area contributed by atoms with E-state index in [-0.39, 0.29) is 348 Å². The van der Waals surface area contributed by atoms with Crippen LogP contribution in [-0.4, -0.2) is 357 Å². The number of hydrogen-bond donors (Lipinski definition) is 29. The zero-order chi connectivity index (χ0) is 108. The minimum Gasteiger partial charge on any atom is -0.744 e. The van der Waals surface area contributed by atoms with Crippen LogP contribution in [0.4, 0.5) is 117 Å². The third-order valence-electron chi connectivity index (χ3n) is 15.5. The third kappa shape index (κ3) is 55.1. The molecule has 79 heteroatoms. The normalized spacial score (nSPS) is 12.5. The van der Waals surface area contributed by atoms with E-state index in [9.17, 15) is 82.5 Å². The van der Waals surface area contributed by atoms with E-state index in [1.165, 1.54) is 24.3 Å². The van der Waals surface area contributed by atoms with Crippen LogP contribution in [0.1, 0.15) is 20.8 Å². The second kappa shape index (κ2) is 68.8. The summed E-state index contributed by atoms with van der Waals surface area (Å²) in [7, 11) is -19.2. The van der Waals surface area contributed by atoms with Crippen LogP contribution in [0.15, 0.2) is 92.4 Å². The summed E-state index contributed by atoms with van der Waals surface area (Å²) in [6.45, 7) is 2.03. The fraction of sp³-hybridized carbons (Fsp3) is 0.348. The number of hydrogen-bond acceptors (Lipinski definition) is 62. The van der Waals surface area contributed by atoms with Crippen LogP contribution >= 0.6 is 104 Å². The number of nitrogens with zero attached hydrogens (tertiary/aromatic N) is 21. The predicted octanol–water partition coefficient (Wildman–Crippen LogP) is -12.9. The zero-order valence-electron chi connectivity index (χ0n) is 77.7. The molecule has 7 heterocycles. The van der Waals surface area contributed by atoms with Gasteiger partial charge in [-0.15, -0.1) is 0 Å². The molecule has 8 atom stereocenters. The molecule has 0 aliphatic carbocycles. The van der Waals surface area contributed by atoms with E-state index in [0.717, 1.165) is 48.5 Å². The van der Waals surface area contributed by atoms with Gasteiger partial charge in [-0.3, -0.25) is 0 Å². The van der Waals surface area contributed by atoms with Crippen molar-refractivity contribution in [2.24, 2.45) is 11.5 Å². The fourth-order valence-corrected chi connectivity index (χ4v) is 13.0. The summed E-state index contributed by atoms with van der Waals surface area (Å²) in [5, 5.41) is 149. The Kier molecular flexibility index (Phi) is 64.6. The number of aliphatic hydroxyl groups excluding tert-OH is 13. The summed E-state index contributed by atoms with van der Waals surface area (Å²) in [6, 6.07) is 12.9. The molecular weight excluding hydrogens is 2290 g/mol. The van der Waals surface area contributed by atoms with Gasteiger partial charge in [-0.1, -0.05) is 0 Å². The number of anilines is 20. The molecule has 0 radical (unpaired) electrons. The Morgan fingerprint density at radius 3 is 0.642 bits per heavy atom.